The molecule has 4 heterocycles. The fraction of sp³-hybridized carbons (Fsp3) is 0.556. The molecule has 6 nitrogen and oxygen atoms in total. The molecule has 3 aliphatic heterocycles. The second-order valence-electron chi connectivity index (χ2n) is 10.1. The van der Waals surface area contributed by atoms with Crippen LogP contribution in [0.3, 0.4) is 0 Å². The van der Waals surface area contributed by atoms with Crippen molar-refractivity contribution in [3.05, 3.63) is 58.2 Å². The Hall–Kier alpha value is -2.15. The molecule has 1 unspecified atom stereocenters. The molecule has 184 valence electrons. The van der Waals surface area contributed by atoms with Gasteiger partial charge >= 0.3 is 5.97 Å². The molecule has 0 bridgehead atoms. The molecule has 34 heavy (non-hydrogen) atoms. The van der Waals surface area contributed by atoms with Gasteiger partial charge in [0.2, 0.25) is 0 Å². The molecule has 0 saturated carbocycles. The third kappa shape index (κ3) is 5.40. The second kappa shape index (κ2) is 10.6. The summed E-state index contributed by atoms with van der Waals surface area (Å²) in [5, 5.41) is 14.0. The van der Waals surface area contributed by atoms with Crippen molar-refractivity contribution in [1.82, 2.24) is 14.8 Å². The van der Waals surface area contributed by atoms with E-state index in [-0.39, 0.29) is 1.43 Å². The Morgan fingerprint density at radius 3 is 2.53 bits per heavy atom. The number of rotatable bonds is 6. The topological polar surface area (TPSA) is 68.7 Å². The smallest absolute Gasteiger partial charge is 0.325 e. The summed E-state index contributed by atoms with van der Waals surface area (Å²) in [6.07, 6.45) is 7.90. The predicted molar refractivity (Wildman–Crippen MR) is 138 cm³/mol. The Labute approximate surface area is 208 Å². The van der Waals surface area contributed by atoms with E-state index in [2.05, 4.69) is 27.2 Å². The molecule has 0 spiro atoms. The lowest BCUT2D eigenvalue weighted by Crippen LogP contribution is -2.49. The van der Waals surface area contributed by atoms with Crippen molar-refractivity contribution in [2.45, 2.75) is 57.0 Å². The number of carbonyl (C=O) groups is 1. The van der Waals surface area contributed by atoms with E-state index in [1.165, 1.54) is 30.5 Å². The number of halogens is 1. The first-order valence-electron chi connectivity index (χ1n) is 12.8. The number of hydrogen-bond donors (Lipinski definition) is 2. The maximum absolute atomic E-state index is 12.0. The quantitative estimate of drug-likeness (QED) is 0.608. The van der Waals surface area contributed by atoms with Gasteiger partial charge in [0.15, 0.2) is 0 Å². The number of benzene rings is 1. The number of anilines is 1. The number of aryl methyl sites for hydroxylation is 1. The van der Waals surface area contributed by atoms with E-state index in [9.17, 15) is 9.90 Å². The zero-order chi connectivity index (χ0) is 23.5. The van der Waals surface area contributed by atoms with Crippen LogP contribution in [0.5, 0.6) is 0 Å². The van der Waals surface area contributed by atoms with Gasteiger partial charge in [-0.2, -0.15) is 0 Å². The summed E-state index contributed by atoms with van der Waals surface area (Å²) in [5.41, 5.74) is 3.39. The van der Waals surface area contributed by atoms with Crippen molar-refractivity contribution in [3.63, 3.8) is 0 Å². The third-order valence-electron chi connectivity index (χ3n) is 7.90. The molecule has 1 aromatic heterocycles. The van der Waals surface area contributed by atoms with Gasteiger partial charge in [-0.15, -0.1) is 0 Å². The number of aliphatic carboxylic acids is 1. The Kier molecular flexibility index (Phi) is 7.37. The van der Waals surface area contributed by atoms with Gasteiger partial charge in [0.05, 0.1) is 0 Å². The molecule has 0 radical (unpaired) electrons. The van der Waals surface area contributed by atoms with Gasteiger partial charge in [-0.05, 0) is 93.3 Å². The number of pyridine rings is 1. The summed E-state index contributed by atoms with van der Waals surface area (Å²) in [7, 11) is 0. The van der Waals surface area contributed by atoms with Crippen LogP contribution in [-0.2, 0) is 17.6 Å². The molecular formula is C27H37ClN4O2. The summed E-state index contributed by atoms with van der Waals surface area (Å²) in [6.45, 7) is 4.94. The summed E-state index contributed by atoms with van der Waals surface area (Å²) in [5.74, 6) is 1.02. The van der Waals surface area contributed by atoms with Crippen molar-refractivity contribution >= 4 is 23.4 Å². The van der Waals surface area contributed by atoms with Gasteiger partial charge in [0.25, 0.3) is 0 Å². The van der Waals surface area contributed by atoms with Crippen molar-refractivity contribution < 1.29 is 11.3 Å². The first-order chi connectivity index (χ1) is 16.6. The van der Waals surface area contributed by atoms with Crippen LogP contribution >= 0.6 is 11.6 Å². The lowest BCUT2D eigenvalue weighted by Gasteiger charge is -2.43. The van der Waals surface area contributed by atoms with Gasteiger partial charge < -0.3 is 15.3 Å². The van der Waals surface area contributed by atoms with Crippen LogP contribution in [0.1, 0.15) is 56.4 Å². The minimum absolute atomic E-state index is 0. The van der Waals surface area contributed by atoms with E-state index >= 15 is 0 Å². The van der Waals surface area contributed by atoms with Crippen LogP contribution in [-0.4, -0.2) is 64.6 Å². The highest BCUT2D eigenvalue weighted by Crippen LogP contribution is 2.30. The fourth-order valence-electron chi connectivity index (χ4n) is 5.96. The lowest BCUT2D eigenvalue weighted by molar-refractivity contribution is -0.144. The highest BCUT2D eigenvalue weighted by atomic mass is 35.5. The van der Waals surface area contributed by atoms with Crippen LogP contribution in [0.25, 0.3) is 0 Å². The Morgan fingerprint density at radius 2 is 1.82 bits per heavy atom. The van der Waals surface area contributed by atoms with Gasteiger partial charge in [-0.25, -0.2) is 4.98 Å². The van der Waals surface area contributed by atoms with Crippen LogP contribution in [0, 0.1) is 5.92 Å². The highest BCUT2D eigenvalue weighted by Gasteiger charge is 2.34. The summed E-state index contributed by atoms with van der Waals surface area (Å²) in [4.78, 5) is 21.7. The minimum Gasteiger partial charge on any atom is -0.480 e. The molecule has 7 heteroatoms. The van der Waals surface area contributed by atoms with E-state index in [0.29, 0.717) is 17.0 Å². The maximum Gasteiger partial charge on any atom is 0.325 e. The first kappa shape index (κ1) is 23.6. The fourth-order valence-corrected chi connectivity index (χ4v) is 6.09. The van der Waals surface area contributed by atoms with Gasteiger partial charge in [0, 0.05) is 37.8 Å². The Bertz CT molecular complexity index is 989. The molecule has 0 amide bonds. The first-order valence-corrected chi connectivity index (χ1v) is 13.1. The zero-order valence-corrected chi connectivity index (χ0v) is 20.5. The minimum atomic E-state index is -0.785. The summed E-state index contributed by atoms with van der Waals surface area (Å²) < 4.78 is 0. The SMILES string of the molecule is O=C(O)C(c1ccc(Cl)cc1)N1CCC(N2CCC(Cc3ccc4c(n3)NCCC4)CC2)CC1.[HH]. The summed E-state index contributed by atoms with van der Waals surface area (Å²) >= 11 is 6.00. The van der Waals surface area contributed by atoms with Gasteiger partial charge in [0.1, 0.15) is 11.9 Å². The van der Waals surface area contributed by atoms with Crippen molar-refractivity contribution in [3.8, 4) is 0 Å². The second-order valence-corrected chi connectivity index (χ2v) is 10.5. The number of likely N-dealkylation sites (tertiary alicyclic amines) is 2. The lowest BCUT2D eigenvalue weighted by atomic mass is 9.89. The van der Waals surface area contributed by atoms with E-state index in [1.54, 1.807) is 12.1 Å². The van der Waals surface area contributed by atoms with Gasteiger partial charge in [-0.1, -0.05) is 29.8 Å². The standard InChI is InChI=1S/C27H35ClN4O2.H2/c28-22-6-3-20(4-7-22)25(27(33)34)32-16-11-24(12-17-32)31-14-9-19(10-15-31)18-23-8-5-21-2-1-13-29-26(21)30-23;/h3-8,19,24-25H,1-2,9-18H2,(H,29,30)(H,33,34);1H. The normalized spacial score (nSPS) is 21.6. The number of hydrogen-bond acceptors (Lipinski definition) is 5. The van der Waals surface area contributed by atoms with E-state index in [1.807, 2.05) is 12.1 Å². The molecule has 3 aliphatic rings. The third-order valence-corrected chi connectivity index (χ3v) is 8.15. The molecule has 5 rings (SSSR count). The number of carboxylic acids is 1. The summed E-state index contributed by atoms with van der Waals surface area (Å²) in [6, 6.07) is 11.7. The number of aromatic nitrogens is 1. The average molecular weight is 485 g/mol. The van der Waals surface area contributed by atoms with Gasteiger partial charge in [-0.3, -0.25) is 9.69 Å². The predicted octanol–water partition coefficient (Wildman–Crippen LogP) is 4.88. The largest absolute Gasteiger partial charge is 0.480 e. The molecule has 2 fully saturated rings. The van der Waals surface area contributed by atoms with E-state index in [0.717, 1.165) is 69.8 Å². The number of fused-ring (bicyclic) bond motifs is 1. The molecule has 1 atom stereocenters. The van der Waals surface area contributed by atoms with Crippen LogP contribution in [0.4, 0.5) is 5.82 Å². The van der Waals surface area contributed by atoms with E-state index in [4.69, 9.17) is 16.6 Å². The van der Waals surface area contributed by atoms with E-state index < -0.39 is 12.0 Å². The molecular weight excluding hydrogens is 448 g/mol. The number of nitrogens with one attached hydrogen (secondary N) is 1. The Morgan fingerprint density at radius 1 is 1.09 bits per heavy atom. The van der Waals surface area contributed by atoms with Crippen LogP contribution < -0.4 is 5.32 Å². The average Bonchev–Trinajstić information content (AvgIpc) is 2.86. The zero-order valence-electron chi connectivity index (χ0n) is 19.8. The van der Waals surface area contributed by atoms with Crippen molar-refractivity contribution in [2.75, 3.05) is 38.0 Å². The molecule has 1 aromatic carbocycles. The highest BCUT2D eigenvalue weighted by molar-refractivity contribution is 6.30. The maximum atomic E-state index is 12.0. The van der Waals surface area contributed by atoms with Crippen molar-refractivity contribution in [2.24, 2.45) is 5.92 Å². The number of carboxylic acid groups (broad SMARTS) is 1. The molecule has 2 aromatic rings. The molecule has 2 N–H and O–H groups in total. The molecule has 0 aliphatic carbocycles. The van der Waals surface area contributed by atoms with Crippen LogP contribution in [0.2, 0.25) is 5.02 Å². The number of nitrogens with zero attached hydrogens (tertiary/aromatic N) is 3. The van der Waals surface area contributed by atoms with Crippen LogP contribution in [0.15, 0.2) is 36.4 Å². The molecule has 2 saturated heterocycles. The van der Waals surface area contributed by atoms with Crippen molar-refractivity contribution in [1.29, 1.82) is 0 Å². The number of piperidine rings is 2. The Balaban J connectivity index is 0.00000289. The monoisotopic (exact) mass is 484 g/mol.